The maximum Gasteiger partial charge on any atom is 0.258 e. The maximum absolute atomic E-state index is 11.9. The van der Waals surface area contributed by atoms with Gasteiger partial charge in [-0.1, -0.05) is 12.1 Å². The molecular weight excluding hydrogens is 316 g/mol. The first kappa shape index (κ1) is 15.3. The molecule has 2 N–H and O–H groups in total. The summed E-state index contributed by atoms with van der Waals surface area (Å²) in [4.78, 5) is 35.6. The minimum absolute atomic E-state index is 0.0460. The van der Waals surface area contributed by atoms with E-state index in [1.165, 1.54) is 11.3 Å². The summed E-state index contributed by atoms with van der Waals surface area (Å²) >= 11 is 1.39. The summed E-state index contributed by atoms with van der Waals surface area (Å²) in [6, 6.07) is 7.05. The number of benzene rings is 1. The van der Waals surface area contributed by atoms with Gasteiger partial charge in [-0.2, -0.15) is 0 Å². The Morgan fingerprint density at radius 2 is 2.22 bits per heavy atom. The topological polar surface area (TPSA) is 97.0 Å². The molecule has 0 aliphatic rings. The molecule has 0 aliphatic carbocycles. The van der Waals surface area contributed by atoms with Crippen molar-refractivity contribution in [3.05, 3.63) is 51.5 Å². The van der Waals surface area contributed by atoms with Crippen LogP contribution in [0.2, 0.25) is 0 Å². The number of anilines is 1. The number of amides is 1. The Balaban J connectivity index is 1.58. The molecule has 0 radical (unpaired) electrons. The second-order valence-electron chi connectivity index (χ2n) is 4.85. The van der Waals surface area contributed by atoms with Crippen LogP contribution in [0.3, 0.4) is 0 Å². The molecule has 0 unspecified atom stereocenters. The largest absolute Gasteiger partial charge is 0.364 e. The predicted octanol–water partition coefficient (Wildman–Crippen LogP) is 1.84. The van der Waals surface area contributed by atoms with Gasteiger partial charge < -0.3 is 9.72 Å². The van der Waals surface area contributed by atoms with Gasteiger partial charge in [0.15, 0.2) is 5.13 Å². The van der Waals surface area contributed by atoms with Crippen molar-refractivity contribution in [1.29, 1.82) is 0 Å². The van der Waals surface area contributed by atoms with Crippen molar-refractivity contribution in [3.8, 4) is 0 Å². The molecule has 0 saturated heterocycles. The van der Waals surface area contributed by atoms with E-state index in [0.29, 0.717) is 21.9 Å². The summed E-state index contributed by atoms with van der Waals surface area (Å²) in [5.74, 6) is 0.0779. The fourth-order valence-electron chi connectivity index (χ4n) is 2.01. The van der Waals surface area contributed by atoms with Crippen LogP contribution in [0.5, 0.6) is 0 Å². The Hall–Kier alpha value is -2.58. The van der Waals surface area contributed by atoms with Crippen molar-refractivity contribution in [1.82, 2.24) is 15.0 Å². The third-order valence-corrected chi connectivity index (χ3v) is 3.83. The molecule has 8 heteroatoms. The van der Waals surface area contributed by atoms with Crippen molar-refractivity contribution in [3.63, 3.8) is 0 Å². The number of nitrogens with one attached hydrogen (secondary N) is 2. The van der Waals surface area contributed by atoms with E-state index in [1.807, 2.05) is 13.0 Å². The van der Waals surface area contributed by atoms with Gasteiger partial charge in [-0.25, -0.2) is 9.97 Å². The zero-order valence-corrected chi connectivity index (χ0v) is 13.1. The number of aromatic nitrogens is 3. The number of carbonyl (C=O) groups is 1. The molecular formula is C15H14N4O3S. The number of thiazole rings is 1. The van der Waals surface area contributed by atoms with E-state index in [2.05, 4.69) is 20.3 Å². The summed E-state index contributed by atoms with van der Waals surface area (Å²) in [7, 11) is 0. The number of rotatable bonds is 5. The highest BCUT2D eigenvalue weighted by molar-refractivity contribution is 7.15. The van der Waals surface area contributed by atoms with E-state index < -0.39 is 0 Å². The van der Waals surface area contributed by atoms with Crippen molar-refractivity contribution >= 4 is 33.3 Å². The highest BCUT2D eigenvalue weighted by Gasteiger charge is 2.07. The Labute approximate surface area is 135 Å². The van der Waals surface area contributed by atoms with Gasteiger partial charge in [0.1, 0.15) is 19.0 Å². The van der Waals surface area contributed by atoms with Crippen LogP contribution in [-0.2, 0) is 16.1 Å². The number of ether oxygens (including phenoxy) is 1. The number of H-pyrrole nitrogens is 1. The number of nitrogens with zero attached hydrogens (tertiary/aromatic N) is 2. The lowest BCUT2D eigenvalue weighted by atomic mass is 10.2. The van der Waals surface area contributed by atoms with E-state index in [0.717, 1.165) is 4.88 Å². The fourth-order valence-corrected chi connectivity index (χ4v) is 2.69. The van der Waals surface area contributed by atoms with Crippen LogP contribution in [0.15, 0.2) is 35.3 Å². The van der Waals surface area contributed by atoms with E-state index in [-0.39, 0.29) is 24.7 Å². The van der Waals surface area contributed by atoms with Crippen LogP contribution in [0.4, 0.5) is 5.13 Å². The summed E-state index contributed by atoms with van der Waals surface area (Å²) in [6.45, 7) is 1.81. The Morgan fingerprint density at radius 3 is 3.00 bits per heavy atom. The van der Waals surface area contributed by atoms with E-state index in [9.17, 15) is 9.59 Å². The van der Waals surface area contributed by atoms with Gasteiger partial charge in [-0.05, 0) is 19.1 Å². The molecule has 3 aromatic rings. The molecule has 0 spiro atoms. The van der Waals surface area contributed by atoms with Gasteiger partial charge in [0.25, 0.3) is 11.5 Å². The monoisotopic (exact) mass is 330 g/mol. The lowest BCUT2D eigenvalue weighted by Gasteiger charge is -2.05. The molecule has 118 valence electrons. The molecule has 0 saturated carbocycles. The summed E-state index contributed by atoms with van der Waals surface area (Å²) in [5, 5.41) is 3.70. The maximum atomic E-state index is 11.9. The minimum atomic E-state index is -0.303. The first-order valence-electron chi connectivity index (χ1n) is 6.90. The van der Waals surface area contributed by atoms with E-state index in [4.69, 9.17) is 4.74 Å². The molecule has 7 nitrogen and oxygen atoms in total. The zero-order chi connectivity index (χ0) is 16.2. The summed E-state index contributed by atoms with van der Waals surface area (Å²) in [6.07, 6.45) is 1.69. The van der Waals surface area contributed by atoms with Crippen molar-refractivity contribution in [2.45, 2.75) is 13.5 Å². The third kappa shape index (κ3) is 3.79. The molecule has 2 heterocycles. The van der Waals surface area contributed by atoms with E-state index in [1.54, 1.807) is 24.4 Å². The number of carbonyl (C=O) groups excluding carboxylic acids is 1. The first-order chi connectivity index (χ1) is 11.1. The third-order valence-electron chi connectivity index (χ3n) is 3.00. The van der Waals surface area contributed by atoms with Gasteiger partial charge in [0.2, 0.25) is 0 Å². The van der Waals surface area contributed by atoms with E-state index >= 15 is 0 Å². The number of hydrogen-bond acceptors (Lipinski definition) is 6. The first-order valence-corrected chi connectivity index (χ1v) is 7.71. The molecule has 0 atom stereocenters. The molecule has 1 aromatic carbocycles. The number of aromatic amines is 1. The summed E-state index contributed by atoms with van der Waals surface area (Å²) < 4.78 is 5.30. The molecule has 0 fully saturated rings. The van der Waals surface area contributed by atoms with Gasteiger partial charge >= 0.3 is 0 Å². The van der Waals surface area contributed by atoms with Gasteiger partial charge in [0.05, 0.1) is 10.9 Å². The second kappa shape index (κ2) is 6.67. The Kier molecular flexibility index (Phi) is 4.45. The van der Waals surface area contributed by atoms with Gasteiger partial charge in [-0.15, -0.1) is 11.3 Å². The Bertz CT molecular complexity index is 903. The Morgan fingerprint density at radius 1 is 1.39 bits per heavy atom. The van der Waals surface area contributed by atoms with Crippen LogP contribution >= 0.6 is 11.3 Å². The van der Waals surface area contributed by atoms with Crippen LogP contribution in [-0.4, -0.2) is 27.5 Å². The van der Waals surface area contributed by atoms with Crippen LogP contribution in [0.1, 0.15) is 10.7 Å². The van der Waals surface area contributed by atoms with Crippen molar-refractivity contribution in [2.24, 2.45) is 0 Å². The quantitative estimate of drug-likeness (QED) is 0.744. The lowest BCUT2D eigenvalue weighted by molar-refractivity contribution is -0.121. The molecule has 23 heavy (non-hydrogen) atoms. The minimum Gasteiger partial charge on any atom is -0.364 e. The van der Waals surface area contributed by atoms with Crippen molar-refractivity contribution in [2.75, 3.05) is 11.9 Å². The summed E-state index contributed by atoms with van der Waals surface area (Å²) in [5.41, 5.74) is 0.370. The number of hydrogen-bond donors (Lipinski definition) is 2. The lowest BCUT2D eigenvalue weighted by Crippen LogP contribution is -2.19. The normalized spacial score (nSPS) is 10.8. The highest BCUT2D eigenvalue weighted by atomic mass is 32.1. The van der Waals surface area contributed by atoms with Crippen LogP contribution in [0, 0.1) is 6.92 Å². The highest BCUT2D eigenvalue weighted by Crippen LogP contribution is 2.16. The van der Waals surface area contributed by atoms with Gasteiger partial charge in [0, 0.05) is 11.1 Å². The SMILES string of the molecule is Cc1cnc(NC(=O)COCc2nc3ccccc3c(=O)[nH]2)s1. The van der Waals surface area contributed by atoms with Gasteiger partial charge in [-0.3, -0.25) is 14.9 Å². The van der Waals surface area contributed by atoms with Crippen molar-refractivity contribution < 1.29 is 9.53 Å². The molecule has 1 amide bonds. The molecule has 3 rings (SSSR count). The van der Waals surface area contributed by atoms with Crippen LogP contribution < -0.4 is 10.9 Å². The molecule has 0 aliphatic heterocycles. The number of para-hydroxylation sites is 1. The fraction of sp³-hybridized carbons (Fsp3) is 0.200. The average molecular weight is 330 g/mol. The average Bonchev–Trinajstić information content (AvgIpc) is 2.92. The molecule has 2 aromatic heterocycles. The predicted molar refractivity (Wildman–Crippen MR) is 87.5 cm³/mol. The molecule has 0 bridgehead atoms. The zero-order valence-electron chi connectivity index (χ0n) is 12.3. The standard InChI is InChI=1S/C15H14N4O3S/c1-9-6-16-15(23-9)19-13(20)8-22-7-12-17-11-5-3-2-4-10(11)14(21)18-12/h2-6H,7-8H2,1H3,(H,16,19,20)(H,17,18,21). The smallest absolute Gasteiger partial charge is 0.258 e. The van der Waals surface area contributed by atoms with Crippen LogP contribution in [0.25, 0.3) is 10.9 Å². The second-order valence-corrected chi connectivity index (χ2v) is 6.08. The number of aryl methyl sites for hydroxylation is 1. The number of fused-ring (bicyclic) bond motifs is 1.